The summed E-state index contributed by atoms with van der Waals surface area (Å²) in [6.07, 6.45) is 4.58. The Bertz CT molecular complexity index is 794. The van der Waals surface area contributed by atoms with Crippen molar-refractivity contribution >= 4 is 15.9 Å². The highest BCUT2D eigenvalue weighted by atomic mass is 32.2. The predicted octanol–water partition coefficient (Wildman–Crippen LogP) is 0.798. The Morgan fingerprint density at radius 2 is 1.93 bits per heavy atom. The molecule has 8 heteroatoms. The van der Waals surface area contributed by atoms with Gasteiger partial charge in [-0.25, -0.2) is 12.8 Å². The lowest BCUT2D eigenvalue weighted by Gasteiger charge is -2.35. The lowest BCUT2D eigenvalue weighted by atomic mass is 9.86. The zero-order chi connectivity index (χ0) is 20.3. The average molecular weight is 413 g/mol. The SMILES string of the molecule is C[C@H](C(=O)N[C@H]1CCCC[C@@H]1C)[NH+]1CCN(S(=O)(=O)c2cccc(F)c2)CC1. The van der Waals surface area contributed by atoms with Crippen LogP contribution in [0.1, 0.15) is 39.5 Å². The summed E-state index contributed by atoms with van der Waals surface area (Å²) < 4.78 is 40.2. The fourth-order valence-electron chi connectivity index (χ4n) is 4.25. The van der Waals surface area contributed by atoms with Gasteiger partial charge in [0.15, 0.2) is 6.04 Å². The highest BCUT2D eigenvalue weighted by molar-refractivity contribution is 7.89. The number of hydrogen-bond donors (Lipinski definition) is 2. The molecule has 2 fully saturated rings. The fraction of sp³-hybridized carbons (Fsp3) is 0.650. The zero-order valence-corrected chi connectivity index (χ0v) is 17.5. The van der Waals surface area contributed by atoms with Gasteiger partial charge >= 0.3 is 0 Å². The van der Waals surface area contributed by atoms with Gasteiger partial charge < -0.3 is 10.2 Å². The van der Waals surface area contributed by atoms with Gasteiger partial charge in [0.25, 0.3) is 5.91 Å². The standard InChI is InChI=1S/C20H30FN3O3S/c1-15-6-3-4-9-19(15)22-20(25)16(2)23-10-12-24(13-11-23)28(26,27)18-8-5-7-17(21)14-18/h5,7-8,14-16,19H,3-4,6,9-13H2,1-2H3,(H,22,25)/p+1/t15-,16+,19-/m0/s1. The van der Waals surface area contributed by atoms with Crippen LogP contribution in [0.25, 0.3) is 0 Å². The van der Waals surface area contributed by atoms with E-state index < -0.39 is 15.8 Å². The second-order valence-electron chi connectivity index (χ2n) is 8.12. The van der Waals surface area contributed by atoms with Gasteiger partial charge in [0.2, 0.25) is 10.0 Å². The minimum atomic E-state index is -3.70. The van der Waals surface area contributed by atoms with E-state index in [0.29, 0.717) is 32.1 Å². The van der Waals surface area contributed by atoms with Gasteiger partial charge in [-0.3, -0.25) is 4.79 Å². The summed E-state index contributed by atoms with van der Waals surface area (Å²) in [6.45, 7) is 5.87. The number of hydrogen-bond acceptors (Lipinski definition) is 3. The third-order valence-electron chi connectivity index (χ3n) is 6.24. The van der Waals surface area contributed by atoms with Crippen molar-refractivity contribution in [3.63, 3.8) is 0 Å². The molecule has 1 aromatic carbocycles. The molecule has 0 spiro atoms. The number of quaternary nitrogens is 1. The second kappa shape index (κ2) is 8.88. The Kier molecular flexibility index (Phi) is 6.73. The molecule has 1 saturated carbocycles. The van der Waals surface area contributed by atoms with Crippen LogP contribution in [-0.4, -0.2) is 56.9 Å². The average Bonchev–Trinajstić information content (AvgIpc) is 2.69. The fourth-order valence-corrected chi connectivity index (χ4v) is 5.72. The predicted molar refractivity (Wildman–Crippen MR) is 105 cm³/mol. The van der Waals surface area contributed by atoms with Gasteiger partial charge in [-0.05, 0) is 43.9 Å². The van der Waals surface area contributed by atoms with E-state index in [2.05, 4.69) is 12.2 Å². The van der Waals surface area contributed by atoms with E-state index in [1.807, 2.05) is 6.92 Å². The number of rotatable bonds is 5. The highest BCUT2D eigenvalue weighted by Gasteiger charge is 2.35. The van der Waals surface area contributed by atoms with Crippen LogP contribution in [0, 0.1) is 11.7 Å². The Balaban J connectivity index is 1.56. The smallest absolute Gasteiger partial charge is 0.278 e. The maximum absolute atomic E-state index is 13.4. The largest absolute Gasteiger partial charge is 0.348 e. The van der Waals surface area contributed by atoms with Gasteiger partial charge in [-0.15, -0.1) is 0 Å². The first kappa shape index (κ1) is 21.2. The van der Waals surface area contributed by atoms with Gasteiger partial charge in [-0.2, -0.15) is 4.31 Å². The minimum absolute atomic E-state index is 0.0203. The minimum Gasteiger partial charge on any atom is -0.348 e. The van der Waals surface area contributed by atoms with Crippen LogP contribution in [0.5, 0.6) is 0 Å². The first-order valence-corrected chi connectivity index (χ1v) is 11.6. The quantitative estimate of drug-likeness (QED) is 0.752. The summed E-state index contributed by atoms with van der Waals surface area (Å²) in [5.41, 5.74) is 0. The van der Waals surface area contributed by atoms with Crippen molar-refractivity contribution in [2.75, 3.05) is 26.2 Å². The van der Waals surface area contributed by atoms with Crippen molar-refractivity contribution in [1.29, 1.82) is 0 Å². The highest BCUT2D eigenvalue weighted by Crippen LogP contribution is 2.23. The molecule has 0 aromatic heterocycles. The second-order valence-corrected chi connectivity index (χ2v) is 10.1. The van der Waals surface area contributed by atoms with E-state index in [4.69, 9.17) is 0 Å². The summed E-state index contributed by atoms with van der Waals surface area (Å²) in [5.74, 6) is -0.00378. The number of piperazine rings is 1. The monoisotopic (exact) mass is 412 g/mol. The van der Waals surface area contributed by atoms with Crippen LogP contribution < -0.4 is 10.2 Å². The van der Waals surface area contributed by atoms with Gasteiger partial charge in [0, 0.05) is 6.04 Å². The molecule has 3 atom stereocenters. The molecule has 6 nitrogen and oxygen atoms in total. The Labute approximate surface area is 167 Å². The van der Waals surface area contributed by atoms with Gasteiger partial charge in [-0.1, -0.05) is 25.8 Å². The summed E-state index contributed by atoms with van der Waals surface area (Å²) >= 11 is 0. The molecule has 156 valence electrons. The van der Waals surface area contributed by atoms with E-state index >= 15 is 0 Å². The van der Waals surface area contributed by atoms with Crippen LogP contribution in [0.15, 0.2) is 29.2 Å². The number of nitrogens with zero attached hydrogens (tertiary/aromatic N) is 1. The number of nitrogens with one attached hydrogen (secondary N) is 2. The molecule has 3 rings (SSSR count). The molecule has 1 heterocycles. The number of sulfonamides is 1. The number of carbonyl (C=O) groups is 1. The van der Waals surface area contributed by atoms with Crippen molar-refractivity contribution in [3.8, 4) is 0 Å². The molecule has 2 N–H and O–H groups in total. The summed E-state index contributed by atoms with van der Waals surface area (Å²) in [5, 5.41) is 3.21. The normalized spacial score (nSPS) is 26.0. The number of benzene rings is 1. The first-order chi connectivity index (χ1) is 13.3. The van der Waals surface area contributed by atoms with Crippen molar-refractivity contribution in [2.24, 2.45) is 5.92 Å². The third-order valence-corrected chi connectivity index (χ3v) is 8.14. The van der Waals surface area contributed by atoms with Crippen molar-refractivity contribution in [3.05, 3.63) is 30.1 Å². The van der Waals surface area contributed by atoms with Crippen molar-refractivity contribution < 1.29 is 22.5 Å². The van der Waals surface area contributed by atoms with Crippen LogP contribution in [-0.2, 0) is 14.8 Å². The number of amides is 1. The van der Waals surface area contributed by atoms with Gasteiger partial charge in [0.05, 0.1) is 31.1 Å². The molecule has 1 amide bonds. The third kappa shape index (κ3) is 4.72. The van der Waals surface area contributed by atoms with E-state index in [0.717, 1.165) is 30.2 Å². The topological polar surface area (TPSA) is 70.9 Å². The van der Waals surface area contributed by atoms with E-state index in [1.54, 1.807) is 0 Å². The van der Waals surface area contributed by atoms with Crippen molar-refractivity contribution in [1.82, 2.24) is 9.62 Å². The molecular weight excluding hydrogens is 381 g/mol. The summed E-state index contributed by atoms with van der Waals surface area (Å²) in [4.78, 5) is 13.8. The Morgan fingerprint density at radius 1 is 1.25 bits per heavy atom. The zero-order valence-electron chi connectivity index (χ0n) is 16.7. The van der Waals surface area contributed by atoms with Crippen LogP contribution in [0.4, 0.5) is 4.39 Å². The molecule has 1 aliphatic heterocycles. The van der Waals surface area contributed by atoms with Crippen LogP contribution in [0.3, 0.4) is 0 Å². The first-order valence-electron chi connectivity index (χ1n) is 10.2. The molecule has 1 aromatic rings. The maximum atomic E-state index is 13.4. The van der Waals surface area contributed by atoms with Crippen molar-refractivity contribution in [2.45, 2.75) is 56.5 Å². The van der Waals surface area contributed by atoms with E-state index in [9.17, 15) is 17.6 Å². The molecule has 0 bridgehead atoms. The molecule has 1 aliphatic carbocycles. The molecule has 0 unspecified atom stereocenters. The summed E-state index contributed by atoms with van der Waals surface area (Å²) in [7, 11) is -3.70. The molecule has 1 saturated heterocycles. The Hall–Kier alpha value is -1.51. The lowest BCUT2D eigenvalue weighted by Crippen LogP contribution is -3.19. The lowest BCUT2D eigenvalue weighted by molar-refractivity contribution is -0.917. The molecular formula is C20H31FN3O3S+. The maximum Gasteiger partial charge on any atom is 0.278 e. The van der Waals surface area contributed by atoms with E-state index in [-0.39, 0.29) is 22.9 Å². The summed E-state index contributed by atoms with van der Waals surface area (Å²) in [6, 6.07) is 5.14. The number of carbonyl (C=O) groups excluding carboxylic acids is 1. The van der Waals surface area contributed by atoms with Gasteiger partial charge in [0.1, 0.15) is 5.82 Å². The molecule has 0 radical (unpaired) electrons. The molecule has 28 heavy (non-hydrogen) atoms. The number of halogens is 1. The van der Waals surface area contributed by atoms with Crippen LogP contribution >= 0.6 is 0 Å². The molecule has 2 aliphatic rings. The Morgan fingerprint density at radius 3 is 2.57 bits per heavy atom. The van der Waals surface area contributed by atoms with E-state index in [1.165, 1.54) is 28.9 Å². The van der Waals surface area contributed by atoms with Crippen LogP contribution in [0.2, 0.25) is 0 Å².